The van der Waals surface area contributed by atoms with Crippen LogP contribution in [0.4, 0.5) is 18.9 Å². The fourth-order valence-corrected chi connectivity index (χ4v) is 3.55. The summed E-state index contributed by atoms with van der Waals surface area (Å²) >= 11 is 1.10. The van der Waals surface area contributed by atoms with Crippen LogP contribution in [0.5, 0.6) is 0 Å². The van der Waals surface area contributed by atoms with Gasteiger partial charge in [-0.15, -0.1) is 0 Å². The summed E-state index contributed by atoms with van der Waals surface area (Å²) in [5.74, 6) is -0.477. The van der Waals surface area contributed by atoms with Gasteiger partial charge >= 0.3 is 6.18 Å². The lowest BCUT2D eigenvalue weighted by Crippen LogP contribution is -2.24. The van der Waals surface area contributed by atoms with Crippen LogP contribution in [-0.2, 0) is 11.0 Å². The van der Waals surface area contributed by atoms with Crippen molar-refractivity contribution >= 4 is 23.4 Å². The van der Waals surface area contributed by atoms with Gasteiger partial charge in [-0.3, -0.25) is 9.59 Å². The zero-order chi connectivity index (χ0) is 22.8. The molecule has 162 valence electrons. The molecular formula is C22H20F3N3O2S. The number of nitrogens with one attached hydrogen (secondary N) is 1. The summed E-state index contributed by atoms with van der Waals surface area (Å²) in [6.45, 7) is 5.51. The average Bonchev–Trinajstić information content (AvgIpc) is 2.71. The van der Waals surface area contributed by atoms with Gasteiger partial charge in [-0.05, 0) is 68.3 Å². The maximum atomic E-state index is 12.9. The summed E-state index contributed by atoms with van der Waals surface area (Å²) in [6, 6.07) is 12.8. The van der Waals surface area contributed by atoms with Crippen LogP contribution in [0.25, 0.3) is 5.69 Å². The molecule has 1 atom stereocenters. The number of hydrogen-bond donors (Lipinski definition) is 1. The van der Waals surface area contributed by atoms with Crippen molar-refractivity contribution in [2.24, 2.45) is 0 Å². The molecule has 1 heterocycles. The molecule has 1 aromatic heterocycles. The molecule has 0 saturated carbocycles. The van der Waals surface area contributed by atoms with Crippen molar-refractivity contribution in [3.63, 3.8) is 0 Å². The van der Waals surface area contributed by atoms with E-state index in [1.54, 1.807) is 13.0 Å². The quantitative estimate of drug-likeness (QED) is 0.560. The summed E-state index contributed by atoms with van der Waals surface area (Å²) < 4.78 is 39.8. The van der Waals surface area contributed by atoms with Crippen molar-refractivity contribution in [1.29, 1.82) is 0 Å². The maximum Gasteiger partial charge on any atom is 0.416 e. The molecule has 31 heavy (non-hydrogen) atoms. The van der Waals surface area contributed by atoms with E-state index in [0.717, 1.165) is 35.0 Å². The second kappa shape index (κ2) is 8.97. The molecule has 1 N–H and O–H groups in total. The highest BCUT2D eigenvalue weighted by Crippen LogP contribution is 2.31. The molecule has 0 unspecified atom stereocenters. The summed E-state index contributed by atoms with van der Waals surface area (Å²) in [4.78, 5) is 24.7. The van der Waals surface area contributed by atoms with Crippen LogP contribution in [-0.4, -0.2) is 20.9 Å². The molecule has 0 fully saturated rings. The Morgan fingerprint density at radius 1 is 1.06 bits per heavy atom. The summed E-state index contributed by atoms with van der Waals surface area (Å²) in [6.07, 6.45) is -4.49. The summed E-state index contributed by atoms with van der Waals surface area (Å²) in [7, 11) is 0. The number of alkyl halides is 3. The molecular weight excluding hydrogens is 427 g/mol. The lowest BCUT2D eigenvalue weighted by Gasteiger charge is -2.14. The molecule has 3 aromatic rings. The van der Waals surface area contributed by atoms with Gasteiger partial charge in [0.2, 0.25) is 5.91 Å². The largest absolute Gasteiger partial charge is 0.416 e. The summed E-state index contributed by atoms with van der Waals surface area (Å²) in [5, 5.41) is 6.59. The van der Waals surface area contributed by atoms with Gasteiger partial charge < -0.3 is 5.32 Å². The Morgan fingerprint density at radius 3 is 2.48 bits per heavy atom. The molecule has 0 aliphatic carbocycles. The minimum absolute atomic E-state index is 0.0559. The second-order valence-corrected chi connectivity index (χ2v) is 8.38. The number of carbonyl (C=O) groups is 1. The Morgan fingerprint density at radius 2 is 1.81 bits per heavy atom. The van der Waals surface area contributed by atoms with Gasteiger partial charge in [0.25, 0.3) is 5.56 Å². The minimum Gasteiger partial charge on any atom is -0.325 e. The molecule has 0 aliphatic heterocycles. The van der Waals surface area contributed by atoms with Gasteiger partial charge in [0.1, 0.15) is 5.03 Å². The Bertz CT molecular complexity index is 1180. The highest BCUT2D eigenvalue weighted by atomic mass is 32.2. The highest BCUT2D eigenvalue weighted by Gasteiger charge is 2.30. The fraction of sp³-hybridized carbons (Fsp3) is 0.227. The first-order valence-corrected chi connectivity index (χ1v) is 10.3. The second-order valence-electron chi connectivity index (χ2n) is 7.02. The third-order valence-corrected chi connectivity index (χ3v) is 5.66. The van der Waals surface area contributed by atoms with E-state index in [1.165, 1.54) is 28.9 Å². The number of aryl methyl sites for hydroxylation is 2. The molecule has 5 nitrogen and oxygen atoms in total. The number of aromatic nitrogens is 2. The van der Waals surface area contributed by atoms with E-state index in [4.69, 9.17) is 0 Å². The Labute approximate surface area is 181 Å². The predicted molar refractivity (Wildman–Crippen MR) is 115 cm³/mol. The number of carbonyl (C=O) groups excluding carboxylic acids is 1. The van der Waals surface area contributed by atoms with E-state index in [0.29, 0.717) is 10.7 Å². The predicted octanol–water partition coefficient (Wildman–Crippen LogP) is 4.99. The van der Waals surface area contributed by atoms with Gasteiger partial charge in [-0.25, -0.2) is 0 Å². The average molecular weight is 447 g/mol. The topological polar surface area (TPSA) is 64.0 Å². The van der Waals surface area contributed by atoms with Crippen molar-refractivity contribution in [2.75, 3.05) is 5.32 Å². The monoisotopic (exact) mass is 447 g/mol. The number of halogens is 3. The van der Waals surface area contributed by atoms with Crippen LogP contribution in [0.1, 0.15) is 23.6 Å². The van der Waals surface area contributed by atoms with Gasteiger partial charge in [0.15, 0.2) is 0 Å². The van der Waals surface area contributed by atoms with Crippen LogP contribution in [0.3, 0.4) is 0 Å². The lowest BCUT2D eigenvalue weighted by molar-refractivity contribution is -0.137. The number of nitrogens with zero attached hydrogens (tertiary/aromatic N) is 2. The third kappa shape index (κ3) is 5.55. The number of anilines is 1. The van der Waals surface area contributed by atoms with Gasteiger partial charge in [0, 0.05) is 11.8 Å². The zero-order valence-electron chi connectivity index (χ0n) is 17.0. The van der Waals surface area contributed by atoms with Gasteiger partial charge in [-0.1, -0.05) is 23.9 Å². The number of benzene rings is 2. The van der Waals surface area contributed by atoms with Crippen LogP contribution in [0, 0.1) is 13.8 Å². The molecule has 0 aliphatic rings. The molecule has 2 aromatic carbocycles. The van der Waals surface area contributed by atoms with Crippen molar-refractivity contribution in [1.82, 2.24) is 9.78 Å². The molecule has 0 radical (unpaired) electrons. The van der Waals surface area contributed by atoms with Crippen molar-refractivity contribution in [3.8, 4) is 5.69 Å². The maximum absolute atomic E-state index is 12.9. The van der Waals surface area contributed by atoms with Crippen LogP contribution < -0.4 is 10.9 Å². The minimum atomic E-state index is -4.49. The molecule has 0 saturated heterocycles. The fourth-order valence-electron chi connectivity index (χ4n) is 2.75. The standard InChI is InChI=1S/C22H20F3N3O2S/c1-13-7-8-18(11-14(13)2)28-20(29)10-9-19(27-28)31-15(3)21(30)26-17-6-4-5-16(12-17)22(23,24)25/h4-12,15H,1-3H3,(H,26,30)/t15-/m1/s1. The number of hydrogen-bond acceptors (Lipinski definition) is 4. The number of rotatable bonds is 5. The van der Waals surface area contributed by atoms with Crippen molar-refractivity contribution in [3.05, 3.63) is 81.6 Å². The van der Waals surface area contributed by atoms with E-state index in [1.807, 2.05) is 26.0 Å². The van der Waals surface area contributed by atoms with E-state index >= 15 is 0 Å². The normalized spacial score (nSPS) is 12.5. The SMILES string of the molecule is Cc1ccc(-n2nc(S[C@H](C)C(=O)Nc3cccc(C(F)(F)F)c3)ccc2=O)cc1C. The molecule has 0 spiro atoms. The number of thioether (sulfide) groups is 1. The zero-order valence-corrected chi connectivity index (χ0v) is 17.8. The Hall–Kier alpha value is -3.07. The van der Waals surface area contributed by atoms with Gasteiger partial charge in [-0.2, -0.15) is 23.0 Å². The first-order valence-electron chi connectivity index (χ1n) is 9.37. The number of amides is 1. The molecule has 9 heteroatoms. The van der Waals surface area contributed by atoms with Crippen molar-refractivity contribution in [2.45, 2.75) is 37.2 Å². The van der Waals surface area contributed by atoms with E-state index < -0.39 is 22.9 Å². The molecule has 3 rings (SSSR count). The van der Waals surface area contributed by atoms with E-state index in [9.17, 15) is 22.8 Å². The lowest BCUT2D eigenvalue weighted by atomic mass is 10.1. The van der Waals surface area contributed by atoms with E-state index in [-0.39, 0.29) is 11.2 Å². The van der Waals surface area contributed by atoms with Crippen LogP contribution in [0.2, 0.25) is 0 Å². The third-order valence-electron chi connectivity index (χ3n) is 4.64. The Balaban J connectivity index is 1.76. The molecule has 1 amide bonds. The van der Waals surface area contributed by atoms with Gasteiger partial charge in [0.05, 0.1) is 16.5 Å². The smallest absolute Gasteiger partial charge is 0.325 e. The van der Waals surface area contributed by atoms with Crippen molar-refractivity contribution < 1.29 is 18.0 Å². The molecule has 0 bridgehead atoms. The Kier molecular flexibility index (Phi) is 6.54. The highest BCUT2D eigenvalue weighted by molar-refractivity contribution is 8.00. The van der Waals surface area contributed by atoms with Crippen LogP contribution >= 0.6 is 11.8 Å². The first-order chi connectivity index (χ1) is 14.5. The first kappa shape index (κ1) is 22.6. The van der Waals surface area contributed by atoms with E-state index in [2.05, 4.69) is 10.4 Å². The van der Waals surface area contributed by atoms with Crippen LogP contribution in [0.15, 0.2) is 64.4 Å². The summed E-state index contributed by atoms with van der Waals surface area (Å²) in [5.41, 5.74) is 1.61.